The predicted molar refractivity (Wildman–Crippen MR) is 457 cm³/mol. The number of aromatic nitrogens is 7. The molecule has 7 heterocycles. The maximum absolute atomic E-state index is 7.41. The minimum atomic E-state index is -2.05. The molecule has 0 spiro atoms. The highest BCUT2D eigenvalue weighted by molar-refractivity contribution is 5.68. The van der Waals surface area contributed by atoms with Crippen LogP contribution in [-0.2, 0) is 49.3 Å². The molecule has 0 saturated carbocycles. The fraction of sp³-hybridized carbons (Fsp3) is 0.245. The van der Waals surface area contributed by atoms with Gasteiger partial charge in [0.05, 0.1) is 0 Å². The van der Waals surface area contributed by atoms with E-state index in [1.54, 1.807) is 12.3 Å². The maximum atomic E-state index is 7.41. The van der Waals surface area contributed by atoms with E-state index >= 15 is 0 Å². The van der Waals surface area contributed by atoms with Gasteiger partial charge in [0, 0.05) is 131 Å². The molecule has 556 valence electrons. The lowest BCUT2D eigenvalue weighted by atomic mass is 9.97. The number of benzene rings is 7. The summed E-state index contributed by atoms with van der Waals surface area (Å²) in [6.45, 7) is 34.6. The number of pyridine rings is 7. The number of hydrogen-bond donors (Lipinski definition) is 0. The molecule has 0 N–H and O–H groups in total. The summed E-state index contributed by atoms with van der Waals surface area (Å²) in [5.41, 5.74) is 40.6. The molecular formula is C102H120N7+7. The Bertz CT molecular complexity index is 5500. The molecule has 0 amide bonds. The van der Waals surface area contributed by atoms with Gasteiger partial charge in [0.25, 0.3) is 0 Å². The molecule has 7 aromatic carbocycles. The van der Waals surface area contributed by atoms with Crippen LogP contribution in [0.2, 0.25) is 0 Å². The van der Waals surface area contributed by atoms with Crippen LogP contribution in [0.3, 0.4) is 0 Å². The lowest BCUT2D eigenvalue weighted by molar-refractivity contribution is -0.666. The van der Waals surface area contributed by atoms with Crippen molar-refractivity contribution >= 4 is 0 Å². The first-order valence-corrected chi connectivity index (χ1v) is 37.9. The van der Waals surface area contributed by atoms with Crippen LogP contribution in [0.15, 0.2) is 274 Å². The van der Waals surface area contributed by atoms with E-state index in [1.165, 1.54) is 162 Å². The van der Waals surface area contributed by atoms with Gasteiger partial charge in [-0.3, -0.25) is 0 Å². The van der Waals surface area contributed by atoms with Gasteiger partial charge in [-0.15, -0.1) is 0 Å². The predicted octanol–water partition coefficient (Wildman–Crippen LogP) is 20.8. The molecule has 0 saturated heterocycles. The zero-order valence-electron chi connectivity index (χ0n) is 72.6. The first-order chi connectivity index (χ1) is 53.2. The quantitative estimate of drug-likeness (QED) is 0.142. The van der Waals surface area contributed by atoms with Crippen LogP contribution in [0.5, 0.6) is 0 Å². The molecule has 7 heteroatoms. The van der Waals surface area contributed by atoms with Gasteiger partial charge in [0.15, 0.2) is 42.9 Å². The highest BCUT2D eigenvalue weighted by Gasteiger charge is 2.21. The molecule has 0 unspecified atom stereocenters. The lowest BCUT2D eigenvalue weighted by Crippen LogP contribution is -2.34. The second-order valence-electron chi connectivity index (χ2n) is 29.4. The molecular weight excluding hydrogens is 1320 g/mol. The molecule has 0 aliphatic heterocycles. The number of nitrogens with zero attached hydrogens (tertiary/aromatic N) is 7. The summed E-state index contributed by atoms with van der Waals surface area (Å²) in [7, 11) is 14.5. The molecule has 0 radical (unpaired) electrons. The van der Waals surface area contributed by atoms with Crippen molar-refractivity contribution in [1.82, 2.24) is 0 Å². The summed E-state index contributed by atoms with van der Waals surface area (Å²) in [6, 6.07) is 82.2. The largest absolute Gasteiger partial charge is 0.215 e. The zero-order chi connectivity index (χ0) is 81.8. The van der Waals surface area contributed by atoms with E-state index in [1.807, 2.05) is 48.9 Å². The smallest absolute Gasteiger partial charge is 0.201 e. The summed E-state index contributed by atoms with van der Waals surface area (Å²) < 4.78 is 37.3. The highest BCUT2D eigenvalue weighted by atomic mass is 15.0. The monoisotopic (exact) mass is 1450 g/mol. The standard InChI is InChI=1S/C16H20N.2C15H18N.4C14H16N/c1-11-8-6-7-9-15(11)16-14(4)13(3)12(2)10-17(16)5;1-11-9-13(3)15(16(4)10-11)14-8-6-5-7-12(14)2;1-11-7-5-6-8-14(11)15-9-12(2)13(3)10-16(15)4;1-11-7-4-5-9-13(11)14-12(2)8-6-10-15(14)3;1-11-7-4-5-9-13(11)14-10-6-8-12(2)15(14)3;1-11-8-9-15(3)14(10-11)13-7-5-4-6-12(13)2;1-11-8-9-14(15(3)10-11)13-7-5-4-6-12(13)2/h6-10H,1-5H3;2*5-10H,1-4H3;4*4-10H,1-3H3/q7*+1/i;;;;;;1D3. The number of hydrogen-bond acceptors (Lipinski definition) is 0. The van der Waals surface area contributed by atoms with Crippen LogP contribution in [0, 0.1) is 125 Å². The molecule has 0 fully saturated rings. The molecule has 7 aromatic heterocycles. The third-order valence-corrected chi connectivity index (χ3v) is 20.7. The Morgan fingerprint density at radius 1 is 0.211 bits per heavy atom. The third-order valence-electron chi connectivity index (χ3n) is 20.7. The minimum Gasteiger partial charge on any atom is -0.201 e. The van der Waals surface area contributed by atoms with Gasteiger partial charge in [-0.05, 0) is 240 Å². The van der Waals surface area contributed by atoms with Crippen molar-refractivity contribution < 1.29 is 36.1 Å². The third kappa shape index (κ3) is 21.7. The van der Waals surface area contributed by atoms with Crippen molar-refractivity contribution in [2.45, 2.75) is 125 Å². The second kappa shape index (κ2) is 38.9. The molecule has 0 atom stereocenters. The molecule has 109 heavy (non-hydrogen) atoms. The van der Waals surface area contributed by atoms with Crippen LogP contribution in [-0.4, -0.2) is 0 Å². The van der Waals surface area contributed by atoms with Crippen LogP contribution in [0.25, 0.3) is 78.8 Å². The fourth-order valence-electron chi connectivity index (χ4n) is 14.1. The minimum absolute atomic E-state index is 0.363. The van der Waals surface area contributed by atoms with E-state index < -0.39 is 6.85 Å². The van der Waals surface area contributed by atoms with Crippen molar-refractivity contribution in [3.05, 3.63) is 374 Å². The Morgan fingerprint density at radius 3 is 1.05 bits per heavy atom. The first kappa shape index (κ1) is 78.7. The van der Waals surface area contributed by atoms with Gasteiger partial charge in [-0.25, -0.2) is 27.4 Å². The number of aryl methyl sites for hydroxylation is 22. The highest BCUT2D eigenvalue weighted by Crippen LogP contribution is 2.29. The average molecular weight is 1450 g/mol. The summed E-state index contributed by atoms with van der Waals surface area (Å²) in [6.07, 6.45) is 12.5. The van der Waals surface area contributed by atoms with Crippen molar-refractivity contribution in [2.24, 2.45) is 49.3 Å². The molecule has 7 nitrogen and oxygen atoms in total. The van der Waals surface area contributed by atoms with E-state index in [0.717, 1.165) is 11.3 Å². The van der Waals surface area contributed by atoms with E-state index in [9.17, 15) is 0 Å². The van der Waals surface area contributed by atoms with Gasteiger partial charge >= 0.3 is 0 Å². The van der Waals surface area contributed by atoms with E-state index in [-0.39, 0.29) is 0 Å². The summed E-state index contributed by atoms with van der Waals surface area (Å²) in [5, 5.41) is 0. The zero-order valence-corrected chi connectivity index (χ0v) is 69.6. The van der Waals surface area contributed by atoms with Crippen molar-refractivity contribution in [2.75, 3.05) is 0 Å². The summed E-state index contributed by atoms with van der Waals surface area (Å²) in [4.78, 5) is 0. The Kier molecular flexibility index (Phi) is 28.1. The van der Waals surface area contributed by atoms with Crippen LogP contribution < -0.4 is 32.0 Å². The van der Waals surface area contributed by atoms with Crippen molar-refractivity contribution in [3.8, 4) is 78.8 Å². The van der Waals surface area contributed by atoms with Gasteiger partial charge in [0.1, 0.15) is 49.3 Å². The molecule has 0 aliphatic rings. The van der Waals surface area contributed by atoms with Crippen LogP contribution >= 0.6 is 0 Å². The van der Waals surface area contributed by atoms with E-state index in [2.05, 4.69) is 412 Å². The molecule has 14 rings (SSSR count). The van der Waals surface area contributed by atoms with Gasteiger partial charge < -0.3 is 0 Å². The van der Waals surface area contributed by atoms with Crippen LogP contribution in [0.1, 0.15) is 104 Å². The van der Waals surface area contributed by atoms with Crippen molar-refractivity contribution in [3.63, 3.8) is 0 Å². The fourth-order valence-corrected chi connectivity index (χ4v) is 14.1. The topological polar surface area (TPSA) is 27.2 Å². The Morgan fingerprint density at radius 2 is 0.596 bits per heavy atom. The second-order valence-corrected chi connectivity index (χ2v) is 29.4. The van der Waals surface area contributed by atoms with Gasteiger partial charge in [-0.1, -0.05) is 127 Å². The number of rotatable bonds is 7. The van der Waals surface area contributed by atoms with Crippen molar-refractivity contribution in [1.29, 1.82) is 0 Å². The van der Waals surface area contributed by atoms with Crippen LogP contribution in [0.4, 0.5) is 0 Å². The average Bonchev–Trinajstić information content (AvgIpc) is 0.851. The van der Waals surface area contributed by atoms with E-state index in [4.69, 9.17) is 4.11 Å². The molecule has 0 aliphatic carbocycles. The summed E-state index contributed by atoms with van der Waals surface area (Å²) in [5.74, 6) is 0. The molecule has 14 aromatic rings. The summed E-state index contributed by atoms with van der Waals surface area (Å²) >= 11 is 0. The van der Waals surface area contributed by atoms with Gasteiger partial charge in [0.2, 0.25) is 39.9 Å². The first-order valence-electron chi connectivity index (χ1n) is 39.4. The normalized spacial score (nSPS) is 11.0. The Labute approximate surface area is 659 Å². The SMILES string of the molecule is Cc1cc(-c2ccccc2C)[n+](C)cc1C.Cc1cc(C)c(-c2ccccc2C)[n+](C)c1.Cc1cc[n+](C)c(-c2ccccc2C)c1.Cc1ccccc1-c1c(C)c(C)c(C)c[n+]1C.Cc1ccccc1-c1c(C)ccc[n+]1C.Cc1ccccc1-c1cccc(C)[n+]1C.[2H]C([2H])([2H])c1ccc(-c2ccccc2C)[n+](C)c1. The Balaban J connectivity index is 0.000000164. The molecule has 0 bridgehead atoms. The Hall–Kier alpha value is -11.4. The van der Waals surface area contributed by atoms with E-state index in [0.29, 0.717) is 5.56 Å². The van der Waals surface area contributed by atoms with Gasteiger partial charge in [-0.2, -0.15) is 4.57 Å². The lowest BCUT2D eigenvalue weighted by Gasteiger charge is -2.10. The maximum Gasteiger partial charge on any atom is 0.215 e.